The summed E-state index contributed by atoms with van der Waals surface area (Å²) in [5.41, 5.74) is -0.314. The quantitative estimate of drug-likeness (QED) is 0.536. The first-order valence-corrected chi connectivity index (χ1v) is 12.8. The molecule has 2 heterocycles. The lowest BCUT2D eigenvalue weighted by molar-refractivity contribution is -0.134. The minimum atomic E-state index is -3.56. The van der Waals surface area contributed by atoms with Gasteiger partial charge in [-0.25, -0.2) is 13.2 Å². The molecule has 11 heteroatoms. The molecule has 0 aromatic heterocycles. The summed E-state index contributed by atoms with van der Waals surface area (Å²) >= 11 is 0. The molecule has 2 N–H and O–H groups in total. The van der Waals surface area contributed by atoms with E-state index in [0.29, 0.717) is 36.5 Å². The van der Waals surface area contributed by atoms with Crippen molar-refractivity contribution >= 4 is 33.6 Å². The Morgan fingerprint density at radius 2 is 1.69 bits per heavy atom. The number of methoxy groups -OCH3 is 1. The predicted molar refractivity (Wildman–Crippen MR) is 128 cm³/mol. The van der Waals surface area contributed by atoms with Crippen molar-refractivity contribution in [1.82, 2.24) is 14.5 Å². The maximum Gasteiger partial charge on any atom is 0.325 e. The van der Waals surface area contributed by atoms with Gasteiger partial charge in [-0.05, 0) is 61.2 Å². The maximum atomic E-state index is 13.3. The van der Waals surface area contributed by atoms with Crippen molar-refractivity contribution < 1.29 is 27.5 Å². The monoisotopic (exact) mass is 500 g/mol. The van der Waals surface area contributed by atoms with Crippen molar-refractivity contribution in [2.75, 3.05) is 32.1 Å². The van der Waals surface area contributed by atoms with E-state index < -0.39 is 40.0 Å². The van der Waals surface area contributed by atoms with Gasteiger partial charge in [0.15, 0.2) is 0 Å². The fraction of sp³-hybridized carbons (Fsp3) is 0.375. The van der Waals surface area contributed by atoms with Crippen LogP contribution in [0.3, 0.4) is 0 Å². The second-order valence-corrected chi connectivity index (χ2v) is 10.4. The van der Waals surface area contributed by atoms with Crippen LogP contribution in [0.5, 0.6) is 5.75 Å². The van der Waals surface area contributed by atoms with E-state index in [4.69, 9.17) is 4.74 Å². The largest absolute Gasteiger partial charge is 0.497 e. The molecule has 0 saturated carbocycles. The molecule has 186 valence electrons. The highest BCUT2D eigenvalue weighted by molar-refractivity contribution is 7.89. The van der Waals surface area contributed by atoms with Crippen LogP contribution in [-0.2, 0) is 25.2 Å². The molecule has 2 fully saturated rings. The summed E-state index contributed by atoms with van der Waals surface area (Å²) in [7, 11) is -2.02. The number of nitrogens with zero attached hydrogens (tertiary/aromatic N) is 2. The van der Waals surface area contributed by atoms with Gasteiger partial charge >= 0.3 is 6.03 Å². The Kier molecular flexibility index (Phi) is 6.82. The van der Waals surface area contributed by atoms with Gasteiger partial charge in [0.2, 0.25) is 15.9 Å². The molecular formula is C24H28N4O6S. The van der Waals surface area contributed by atoms with Crippen molar-refractivity contribution in [1.29, 1.82) is 0 Å². The molecule has 2 aromatic carbocycles. The third kappa shape index (κ3) is 4.61. The number of hydrogen-bond donors (Lipinski definition) is 2. The summed E-state index contributed by atoms with van der Waals surface area (Å²) in [6.07, 6.45) is 1.98. The van der Waals surface area contributed by atoms with Gasteiger partial charge < -0.3 is 15.4 Å². The number of amides is 4. The minimum Gasteiger partial charge on any atom is -0.497 e. The average Bonchev–Trinajstić information content (AvgIpc) is 3.49. The van der Waals surface area contributed by atoms with Crippen molar-refractivity contribution in [3.63, 3.8) is 0 Å². The van der Waals surface area contributed by atoms with Crippen LogP contribution in [-0.4, -0.2) is 62.2 Å². The van der Waals surface area contributed by atoms with Gasteiger partial charge in [0.25, 0.3) is 5.91 Å². The molecule has 2 aliphatic rings. The van der Waals surface area contributed by atoms with Crippen LogP contribution in [0, 0.1) is 0 Å². The highest BCUT2D eigenvalue weighted by Gasteiger charge is 2.51. The summed E-state index contributed by atoms with van der Waals surface area (Å²) < 4.78 is 31.9. The lowest BCUT2D eigenvalue weighted by Gasteiger charge is -2.26. The molecule has 2 aromatic rings. The van der Waals surface area contributed by atoms with Crippen molar-refractivity contribution in [3.05, 3.63) is 54.1 Å². The number of urea groups is 1. The van der Waals surface area contributed by atoms with Gasteiger partial charge in [-0.15, -0.1) is 0 Å². The van der Waals surface area contributed by atoms with Crippen LogP contribution in [0.15, 0.2) is 53.4 Å². The van der Waals surface area contributed by atoms with Crippen molar-refractivity contribution in [3.8, 4) is 5.75 Å². The Hall–Kier alpha value is -3.44. The van der Waals surface area contributed by atoms with Gasteiger partial charge in [0.1, 0.15) is 17.8 Å². The van der Waals surface area contributed by atoms with Crippen molar-refractivity contribution in [2.24, 2.45) is 0 Å². The van der Waals surface area contributed by atoms with E-state index in [1.54, 1.807) is 31.2 Å². The number of carbonyl (C=O) groups is 3. The molecule has 0 radical (unpaired) electrons. The highest BCUT2D eigenvalue weighted by Crippen LogP contribution is 2.33. The Bertz CT molecular complexity index is 1220. The second-order valence-electron chi connectivity index (χ2n) is 8.49. The van der Waals surface area contributed by atoms with Crippen LogP contribution < -0.4 is 15.4 Å². The normalized spacial score (nSPS) is 20.7. The highest BCUT2D eigenvalue weighted by atomic mass is 32.2. The third-order valence-corrected chi connectivity index (χ3v) is 8.34. The molecule has 0 aliphatic carbocycles. The van der Waals surface area contributed by atoms with Gasteiger partial charge in [0.05, 0.1) is 12.0 Å². The maximum absolute atomic E-state index is 13.3. The number of nitrogens with one attached hydrogen (secondary N) is 2. The number of sulfonamides is 1. The first-order valence-electron chi connectivity index (χ1n) is 11.4. The zero-order valence-corrected chi connectivity index (χ0v) is 20.4. The summed E-state index contributed by atoms with van der Waals surface area (Å²) in [6.45, 7) is 2.31. The molecule has 10 nitrogen and oxygen atoms in total. The Morgan fingerprint density at radius 1 is 1.06 bits per heavy atom. The Morgan fingerprint density at radius 3 is 2.26 bits per heavy atom. The fourth-order valence-corrected chi connectivity index (χ4v) is 5.93. The smallest absolute Gasteiger partial charge is 0.325 e. The van der Waals surface area contributed by atoms with E-state index in [1.165, 1.54) is 35.7 Å². The molecule has 2 aliphatic heterocycles. The van der Waals surface area contributed by atoms with E-state index in [1.807, 2.05) is 0 Å². The summed E-state index contributed by atoms with van der Waals surface area (Å²) in [6, 6.07) is 12.0. The van der Waals surface area contributed by atoms with Gasteiger partial charge in [-0.2, -0.15) is 4.31 Å². The number of anilines is 1. The number of benzene rings is 2. The minimum absolute atomic E-state index is 0.152. The van der Waals surface area contributed by atoms with E-state index in [0.717, 1.165) is 17.7 Å². The van der Waals surface area contributed by atoms with Crippen LogP contribution in [0.1, 0.15) is 31.7 Å². The SMILES string of the molecule is CC[C@@]1(c2ccc(OC)cc2)NC(=O)N(CC(=O)Nc2ccc(S(=O)(=O)N3CCCC3)cc2)C1=O. The Labute approximate surface area is 204 Å². The van der Waals surface area contributed by atoms with Crippen LogP contribution in [0.25, 0.3) is 0 Å². The van der Waals surface area contributed by atoms with E-state index in [9.17, 15) is 22.8 Å². The predicted octanol–water partition coefficient (Wildman–Crippen LogP) is 2.28. The van der Waals surface area contributed by atoms with Crippen LogP contribution in [0.4, 0.5) is 10.5 Å². The lowest BCUT2D eigenvalue weighted by Crippen LogP contribution is -2.44. The fourth-order valence-electron chi connectivity index (χ4n) is 4.42. The molecule has 0 spiro atoms. The Balaban J connectivity index is 1.44. The lowest BCUT2D eigenvalue weighted by atomic mass is 9.87. The average molecular weight is 501 g/mol. The van der Waals surface area contributed by atoms with Gasteiger partial charge in [-0.1, -0.05) is 19.1 Å². The number of rotatable bonds is 8. The molecule has 1 atom stereocenters. The van der Waals surface area contributed by atoms with Crippen LogP contribution in [0.2, 0.25) is 0 Å². The van der Waals surface area contributed by atoms with Gasteiger partial charge in [0, 0.05) is 18.8 Å². The second kappa shape index (κ2) is 9.67. The number of carbonyl (C=O) groups excluding carboxylic acids is 3. The first kappa shape index (κ1) is 24.7. The van der Waals surface area contributed by atoms with E-state index >= 15 is 0 Å². The number of hydrogen-bond acceptors (Lipinski definition) is 6. The zero-order valence-electron chi connectivity index (χ0n) is 19.6. The standard InChI is InChI=1S/C24H28N4O6S/c1-3-24(17-6-10-19(34-2)11-7-17)22(30)28(23(31)26-24)16-21(29)25-18-8-12-20(13-9-18)35(32,33)27-14-4-5-15-27/h6-13H,3-5,14-16H2,1-2H3,(H,25,29)(H,26,31)/t24-/m0/s1. The zero-order chi connectivity index (χ0) is 25.2. The third-order valence-electron chi connectivity index (χ3n) is 6.43. The summed E-state index contributed by atoms with van der Waals surface area (Å²) in [5, 5.41) is 5.36. The first-order chi connectivity index (χ1) is 16.7. The summed E-state index contributed by atoms with van der Waals surface area (Å²) in [4.78, 5) is 39.6. The molecule has 2 saturated heterocycles. The molecule has 4 amide bonds. The topological polar surface area (TPSA) is 125 Å². The molecule has 4 rings (SSSR count). The molecule has 0 bridgehead atoms. The van der Waals surface area contributed by atoms with Crippen molar-refractivity contribution in [2.45, 2.75) is 36.6 Å². The molecule has 35 heavy (non-hydrogen) atoms. The molecule has 0 unspecified atom stereocenters. The van der Waals surface area contributed by atoms with E-state index in [-0.39, 0.29) is 4.90 Å². The van der Waals surface area contributed by atoms with E-state index in [2.05, 4.69) is 10.6 Å². The van der Waals surface area contributed by atoms with Gasteiger partial charge in [-0.3, -0.25) is 14.5 Å². The number of imide groups is 1. The number of ether oxygens (including phenoxy) is 1. The summed E-state index contributed by atoms with van der Waals surface area (Å²) in [5.74, 6) is -0.477. The molecular weight excluding hydrogens is 472 g/mol. The van der Waals surface area contributed by atoms with Crippen LogP contribution >= 0.6 is 0 Å².